The van der Waals surface area contributed by atoms with Crippen LogP contribution in [0.2, 0.25) is 0 Å². The van der Waals surface area contributed by atoms with Crippen LogP contribution in [0, 0.1) is 11.8 Å². The fourth-order valence-corrected chi connectivity index (χ4v) is 3.28. The maximum absolute atomic E-state index is 11.2. The Morgan fingerprint density at radius 1 is 0.941 bits per heavy atom. The molecule has 0 saturated carbocycles. The highest BCUT2D eigenvalue weighted by Crippen LogP contribution is 2.14. The van der Waals surface area contributed by atoms with Crippen LogP contribution in [0.25, 0.3) is 0 Å². The number of nitrogens with one attached hydrogen (secondary N) is 1. The molecule has 0 bridgehead atoms. The van der Waals surface area contributed by atoms with E-state index in [1.807, 2.05) is 6.92 Å². The average Bonchev–Trinajstić information content (AvgIpc) is 1.95. The summed E-state index contributed by atoms with van der Waals surface area (Å²) >= 11 is 0. The molecule has 17 heavy (non-hydrogen) atoms. The maximum Gasteiger partial charge on any atom is 0.148 e. The summed E-state index contributed by atoms with van der Waals surface area (Å²) < 4.78 is 22.5. The van der Waals surface area contributed by atoms with Gasteiger partial charge < -0.3 is 5.32 Å². The molecule has 0 radical (unpaired) electrons. The van der Waals surface area contributed by atoms with Crippen molar-refractivity contribution >= 4 is 9.84 Å². The molecule has 3 nitrogen and oxygen atoms in total. The van der Waals surface area contributed by atoms with Crippen LogP contribution in [0.1, 0.15) is 47.5 Å². The number of rotatable bonds is 8. The van der Waals surface area contributed by atoms with Gasteiger partial charge in [0, 0.05) is 18.3 Å². The molecular formula is C13H29NO2S. The molecule has 0 rings (SSSR count). The van der Waals surface area contributed by atoms with Crippen LogP contribution in [0.15, 0.2) is 0 Å². The van der Waals surface area contributed by atoms with Gasteiger partial charge in [0.25, 0.3) is 0 Å². The number of hydrogen-bond donors (Lipinski definition) is 1. The molecule has 0 aliphatic heterocycles. The molecule has 0 spiro atoms. The molecule has 0 fully saturated rings. The van der Waals surface area contributed by atoms with Gasteiger partial charge >= 0.3 is 0 Å². The van der Waals surface area contributed by atoms with E-state index in [4.69, 9.17) is 0 Å². The lowest BCUT2D eigenvalue weighted by atomic mass is 9.95. The van der Waals surface area contributed by atoms with E-state index < -0.39 is 9.84 Å². The van der Waals surface area contributed by atoms with Crippen LogP contribution >= 0.6 is 0 Å². The third-order valence-corrected chi connectivity index (χ3v) is 3.69. The van der Waals surface area contributed by atoms with Gasteiger partial charge in [0.1, 0.15) is 9.84 Å². The second kappa shape index (κ2) is 7.37. The second-order valence-corrected chi connectivity index (χ2v) is 8.30. The Kier molecular flexibility index (Phi) is 7.33. The fraction of sp³-hybridized carbons (Fsp3) is 1.00. The molecule has 0 aliphatic rings. The molecule has 0 saturated heterocycles. The summed E-state index contributed by atoms with van der Waals surface area (Å²) in [7, 11) is -2.89. The van der Waals surface area contributed by atoms with Gasteiger partial charge in [-0.1, -0.05) is 27.7 Å². The predicted octanol–water partition coefficient (Wildman–Crippen LogP) is 2.47. The van der Waals surface area contributed by atoms with Crippen molar-refractivity contribution in [2.75, 3.05) is 12.0 Å². The third kappa shape index (κ3) is 10.8. The molecule has 0 amide bonds. The van der Waals surface area contributed by atoms with Crippen LogP contribution in [-0.4, -0.2) is 32.5 Å². The lowest BCUT2D eigenvalue weighted by Gasteiger charge is -2.26. The van der Waals surface area contributed by atoms with Crippen molar-refractivity contribution in [1.82, 2.24) is 5.32 Å². The second-order valence-electron chi connectivity index (χ2n) is 6.12. The van der Waals surface area contributed by atoms with Crippen molar-refractivity contribution in [2.24, 2.45) is 11.8 Å². The molecule has 1 unspecified atom stereocenters. The monoisotopic (exact) mass is 263 g/mol. The van der Waals surface area contributed by atoms with Crippen molar-refractivity contribution in [1.29, 1.82) is 0 Å². The van der Waals surface area contributed by atoms with E-state index in [1.54, 1.807) is 0 Å². The Bertz CT molecular complexity index is 287. The van der Waals surface area contributed by atoms with Crippen LogP contribution in [0.3, 0.4) is 0 Å². The normalized spacial score (nSPS) is 14.9. The van der Waals surface area contributed by atoms with Crippen molar-refractivity contribution < 1.29 is 8.42 Å². The van der Waals surface area contributed by atoms with Gasteiger partial charge in [0.15, 0.2) is 0 Å². The van der Waals surface area contributed by atoms with Crippen molar-refractivity contribution in [3.05, 3.63) is 0 Å². The van der Waals surface area contributed by atoms with Gasteiger partial charge in [0.05, 0.1) is 5.75 Å². The molecule has 0 aromatic rings. The minimum atomic E-state index is -2.89. The molecule has 0 heterocycles. The topological polar surface area (TPSA) is 46.2 Å². The van der Waals surface area contributed by atoms with E-state index in [-0.39, 0.29) is 11.8 Å². The molecule has 4 heteroatoms. The first-order valence-electron chi connectivity index (χ1n) is 6.54. The summed E-state index contributed by atoms with van der Waals surface area (Å²) in [4.78, 5) is 0. The Balaban J connectivity index is 4.31. The van der Waals surface area contributed by atoms with Gasteiger partial charge in [-0.05, 0) is 31.6 Å². The van der Waals surface area contributed by atoms with E-state index in [9.17, 15) is 8.42 Å². The lowest BCUT2D eigenvalue weighted by molar-refractivity contribution is 0.340. The van der Waals surface area contributed by atoms with E-state index in [2.05, 4.69) is 33.0 Å². The molecule has 0 aromatic heterocycles. The summed E-state index contributed by atoms with van der Waals surface area (Å²) in [6.45, 7) is 10.8. The Morgan fingerprint density at radius 3 is 1.65 bits per heavy atom. The van der Waals surface area contributed by atoms with Gasteiger partial charge in [0.2, 0.25) is 0 Å². The molecule has 1 atom stereocenters. The molecular weight excluding hydrogens is 234 g/mol. The van der Waals surface area contributed by atoms with Crippen LogP contribution in [0.4, 0.5) is 0 Å². The average molecular weight is 263 g/mol. The van der Waals surface area contributed by atoms with Crippen molar-refractivity contribution in [2.45, 2.75) is 59.5 Å². The summed E-state index contributed by atoms with van der Waals surface area (Å²) in [5, 5.41) is 3.46. The first-order valence-corrected chi connectivity index (χ1v) is 8.60. The highest BCUT2D eigenvalue weighted by Gasteiger charge is 2.17. The van der Waals surface area contributed by atoms with Crippen molar-refractivity contribution in [3.8, 4) is 0 Å². The lowest BCUT2D eigenvalue weighted by Crippen LogP contribution is -2.41. The zero-order chi connectivity index (χ0) is 13.6. The highest BCUT2D eigenvalue weighted by molar-refractivity contribution is 7.90. The molecule has 0 aliphatic carbocycles. The highest BCUT2D eigenvalue weighted by atomic mass is 32.2. The van der Waals surface area contributed by atoms with Crippen molar-refractivity contribution in [3.63, 3.8) is 0 Å². The smallest absolute Gasteiger partial charge is 0.148 e. The van der Waals surface area contributed by atoms with E-state index in [0.717, 1.165) is 12.8 Å². The third-order valence-electron chi connectivity index (χ3n) is 2.58. The summed E-state index contributed by atoms with van der Waals surface area (Å²) in [6, 6.07) is 0.458. The van der Waals surface area contributed by atoms with E-state index in [0.29, 0.717) is 17.9 Å². The first-order chi connectivity index (χ1) is 7.60. The van der Waals surface area contributed by atoms with Crippen LogP contribution in [-0.2, 0) is 9.84 Å². The molecule has 0 aromatic carbocycles. The summed E-state index contributed by atoms with van der Waals surface area (Å²) in [5.74, 6) is 1.49. The van der Waals surface area contributed by atoms with E-state index in [1.165, 1.54) is 6.26 Å². The quantitative estimate of drug-likeness (QED) is 0.732. The molecule has 104 valence electrons. The minimum Gasteiger partial charge on any atom is -0.310 e. The minimum absolute atomic E-state index is 0.0347. The zero-order valence-corrected chi connectivity index (χ0v) is 13.0. The fourth-order valence-electron chi connectivity index (χ4n) is 2.27. The van der Waals surface area contributed by atoms with Gasteiger partial charge in [-0.25, -0.2) is 8.42 Å². The Morgan fingerprint density at radius 2 is 1.35 bits per heavy atom. The first kappa shape index (κ1) is 16.9. The standard InChI is InChI=1S/C13H29NO2S/c1-10(2)7-13(8-11(3)4)14-12(5)9-17(6,15)16/h10-14H,7-9H2,1-6H3. The van der Waals surface area contributed by atoms with Gasteiger partial charge in [-0.15, -0.1) is 0 Å². The summed E-state index contributed by atoms with van der Waals surface area (Å²) in [6.07, 6.45) is 3.50. The Labute approximate surface area is 107 Å². The van der Waals surface area contributed by atoms with Crippen LogP contribution in [0.5, 0.6) is 0 Å². The molecule has 1 N–H and O–H groups in total. The SMILES string of the molecule is CC(C)CC(CC(C)C)NC(C)CS(C)(=O)=O. The number of sulfone groups is 1. The zero-order valence-electron chi connectivity index (χ0n) is 12.2. The Hall–Kier alpha value is -0.0900. The van der Waals surface area contributed by atoms with Gasteiger partial charge in [-0.3, -0.25) is 0 Å². The van der Waals surface area contributed by atoms with Gasteiger partial charge in [-0.2, -0.15) is 0 Å². The largest absolute Gasteiger partial charge is 0.310 e. The van der Waals surface area contributed by atoms with Crippen LogP contribution < -0.4 is 5.32 Å². The summed E-state index contributed by atoms with van der Waals surface area (Å²) in [5.41, 5.74) is 0. The maximum atomic E-state index is 11.2. The number of hydrogen-bond acceptors (Lipinski definition) is 3. The van der Waals surface area contributed by atoms with E-state index >= 15 is 0 Å². The predicted molar refractivity (Wildman–Crippen MR) is 75.0 cm³/mol.